The van der Waals surface area contributed by atoms with E-state index in [0.29, 0.717) is 5.56 Å². The first-order valence-electron chi connectivity index (χ1n) is 7.38. The summed E-state index contributed by atoms with van der Waals surface area (Å²) in [6.45, 7) is -0.396. The average Bonchev–Trinajstić information content (AvgIpc) is 2.54. The van der Waals surface area contributed by atoms with Crippen molar-refractivity contribution in [2.75, 3.05) is 31.6 Å². The summed E-state index contributed by atoms with van der Waals surface area (Å²) in [5, 5.41) is 20.3. The Bertz CT molecular complexity index is 704. The lowest BCUT2D eigenvalue weighted by Crippen LogP contribution is -2.38. The maximum Gasteiger partial charge on any atom is 0.322 e. The average molecular weight is 336 g/mol. The number of nitrogens with one attached hydrogen (secondary N) is 1. The lowest BCUT2D eigenvalue weighted by atomic mass is 10.0. The molecule has 0 saturated heterocycles. The number of aliphatic hydroxyl groups is 2. The molecule has 0 heterocycles. The Morgan fingerprint density at radius 2 is 1.75 bits per heavy atom. The summed E-state index contributed by atoms with van der Waals surface area (Å²) in [7, 11) is 0. The summed E-state index contributed by atoms with van der Waals surface area (Å²) in [5.74, 6) is -1.07. The van der Waals surface area contributed by atoms with Gasteiger partial charge in [-0.25, -0.2) is 13.6 Å². The zero-order valence-electron chi connectivity index (χ0n) is 12.9. The van der Waals surface area contributed by atoms with Crippen LogP contribution < -0.4 is 5.32 Å². The number of carbonyl (C=O) groups excluding carboxylic acids is 1. The Hall–Kier alpha value is -2.51. The van der Waals surface area contributed by atoms with Crippen LogP contribution in [0.25, 0.3) is 11.1 Å². The second-order valence-electron chi connectivity index (χ2n) is 5.07. The largest absolute Gasteiger partial charge is 0.395 e. The minimum Gasteiger partial charge on any atom is -0.395 e. The van der Waals surface area contributed by atoms with Gasteiger partial charge in [0.15, 0.2) is 0 Å². The molecule has 7 heteroatoms. The van der Waals surface area contributed by atoms with Gasteiger partial charge >= 0.3 is 6.03 Å². The van der Waals surface area contributed by atoms with Crippen LogP contribution in [0.4, 0.5) is 19.3 Å². The van der Waals surface area contributed by atoms with E-state index >= 15 is 0 Å². The van der Waals surface area contributed by atoms with E-state index in [0.717, 1.165) is 6.07 Å². The van der Waals surface area contributed by atoms with E-state index in [-0.39, 0.29) is 37.6 Å². The number of hydrogen-bond acceptors (Lipinski definition) is 3. The van der Waals surface area contributed by atoms with Crippen molar-refractivity contribution in [2.45, 2.75) is 0 Å². The molecule has 24 heavy (non-hydrogen) atoms. The highest BCUT2D eigenvalue weighted by Crippen LogP contribution is 2.26. The van der Waals surface area contributed by atoms with Crippen molar-refractivity contribution in [3.05, 3.63) is 54.1 Å². The smallest absolute Gasteiger partial charge is 0.322 e. The van der Waals surface area contributed by atoms with E-state index in [2.05, 4.69) is 5.32 Å². The van der Waals surface area contributed by atoms with E-state index in [4.69, 9.17) is 10.2 Å². The molecular weight excluding hydrogens is 318 g/mol. The number of carbonyl (C=O) groups is 1. The highest BCUT2D eigenvalue weighted by Gasteiger charge is 2.14. The molecule has 0 aliphatic rings. The Kier molecular flexibility index (Phi) is 6.22. The van der Waals surface area contributed by atoms with Crippen molar-refractivity contribution in [3.8, 4) is 11.1 Å². The number of anilines is 1. The molecule has 2 aromatic rings. The van der Waals surface area contributed by atoms with E-state index in [1.54, 1.807) is 6.07 Å². The first-order chi connectivity index (χ1) is 11.5. The Morgan fingerprint density at radius 3 is 2.33 bits per heavy atom. The molecule has 2 aromatic carbocycles. The fourth-order valence-electron chi connectivity index (χ4n) is 2.24. The normalized spacial score (nSPS) is 10.5. The van der Waals surface area contributed by atoms with Crippen molar-refractivity contribution >= 4 is 11.7 Å². The summed E-state index contributed by atoms with van der Waals surface area (Å²) < 4.78 is 27.5. The third-order valence-corrected chi connectivity index (χ3v) is 3.38. The lowest BCUT2D eigenvalue weighted by Gasteiger charge is -2.21. The Morgan fingerprint density at radius 1 is 1.04 bits per heavy atom. The molecule has 2 rings (SSSR count). The zero-order chi connectivity index (χ0) is 17.5. The fourth-order valence-corrected chi connectivity index (χ4v) is 2.24. The second-order valence-corrected chi connectivity index (χ2v) is 5.07. The van der Waals surface area contributed by atoms with Crippen molar-refractivity contribution in [1.29, 1.82) is 0 Å². The van der Waals surface area contributed by atoms with Gasteiger partial charge in [0.05, 0.1) is 13.2 Å². The van der Waals surface area contributed by atoms with Gasteiger partial charge in [-0.15, -0.1) is 0 Å². The van der Waals surface area contributed by atoms with Crippen molar-refractivity contribution in [2.24, 2.45) is 0 Å². The number of urea groups is 1. The first-order valence-corrected chi connectivity index (χ1v) is 7.38. The van der Waals surface area contributed by atoms with Gasteiger partial charge in [-0.05, 0) is 35.9 Å². The predicted molar refractivity (Wildman–Crippen MR) is 86.6 cm³/mol. The topological polar surface area (TPSA) is 72.8 Å². The van der Waals surface area contributed by atoms with Crippen molar-refractivity contribution in [1.82, 2.24) is 4.90 Å². The number of hydrogen-bond donors (Lipinski definition) is 3. The van der Waals surface area contributed by atoms with E-state index in [1.165, 1.54) is 35.2 Å². The van der Waals surface area contributed by atoms with Crippen LogP contribution in [0.5, 0.6) is 0 Å². The number of amides is 2. The minimum absolute atomic E-state index is 0.0518. The molecule has 128 valence electrons. The molecule has 0 aliphatic heterocycles. The predicted octanol–water partition coefficient (Wildman–Crippen LogP) is 2.45. The quantitative estimate of drug-likeness (QED) is 0.759. The minimum atomic E-state index is -0.603. The van der Waals surface area contributed by atoms with Crippen LogP contribution in [-0.2, 0) is 0 Å². The zero-order valence-corrected chi connectivity index (χ0v) is 12.9. The van der Waals surface area contributed by atoms with E-state index in [1.807, 2.05) is 0 Å². The van der Waals surface area contributed by atoms with Gasteiger partial charge in [0.2, 0.25) is 0 Å². The van der Waals surface area contributed by atoms with E-state index < -0.39 is 17.7 Å². The highest BCUT2D eigenvalue weighted by molar-refractivity contribution is 5.89. The van der Waals surface area contributed by atoms with E-state index in [9.17, 15) is 13.6 Å². The molecule has 0 aliphatic carbocycles. The summed E-state index contributed by atoms with van der Waals surface area (Å²) in [6, 6.07) is 9.09. The molecule has 0 unspecified atom stereocenters. The van der Waals surface area contributed by atoms with Gasteiger partial charge in [0.1, 0.15) is 11.6 Å². The molecule has 2 amide bonds. The number of halogens is 2. The number of nitrogens with zero attached hydrogens (tertiary/aromatic N) is 1. The Labute approximate surface area is 138 Å². The number of aliphatic hydroxyl groups excluding tert-OH is 2. The standard InChI is InChI=1S/C17H18F2N2O3/c18-13-3-1-2-12(10-13)15-5-4-14(11-16(15)19)20-17(24)21(6-8-22)7-9-23/h1-5,10-11,22-23H,6-9H2,(H,20,24). The molecule has 0 saturated carbocycles. The Balaban J connectivity index is 2.16. The molecule has 5 nitrogen and oxygen atoms in total. The van der Waals surface area contributed by atoms with Crippen LogP contribution in [0, 0.1) is 11.6 Å². The lowest BCUT2D eigenvalue weighted by molar-refractivity contribution is 0.167. The van der Waals surface area contributed by atoms with Crippen LogP contribution in [0.3, 0.4) is 0 Å². The molecule has 0 spiro atoms. The molecule has 3 N–H and O–H groups in total. The van der Waals surface area contributed by atoms with Gasteiger partial charge < -0.3 is 20.4 Å². The summed E-state index contributed by atoms with van der Waals surface area (Å²) >= 11 is 0. The monoisotopic (exact) mass is 336 g/mol. The second kappa shape index (κ2) is 8.37. The van der Waals surface area contributed by atoms with Crippen LogP contribution in [0.15, 0.2) is 42.5 Å². The molecular formula is C17H18F2N2O3. The SMILES string of the molecule is O=C(Nc1ccc(-c2cccc(F)c2)c(F)c1)N(CCO)CCO. The summed E-state index contributed by atoms with van der Waals surface area (Å²) in [5.41, 5.74) is 0.834. The maximum atomic E-state index is 14.2. The number of rotatable bonds is 6. The van der Waals surface area contributed by atoms with Crippen LogP contribution in [0.1, 0.15) is 0 Å². The third-order valence-electron chi connectivity index (χ3n) is 3.38. The summed E-state index contributed by atoms with van der Waals surface area (Å²) in [6.07, 6.45) is 0. The molecule has 0 atom stereocenters. The van der Waals surface area contributed by atoms with Gasteiger partial charge in [-0.2, -0.15) is 0 Å². The van der Waals surface area contributed by atoms with Gasteiger partial charge in [0.25, 0.3) is 0 Å². The van der Waals surface area contributed by atoms with Gasteiger partial charge in [0, 0.05) is 24.3 Å². The van der Waals surface area contributed by atoms with Crippen molar-refractivity contribution < 1.29 is 23.8 Å². The van der Waals surface area contributed by atoms with Crippen LogP contribution in [0.2, 0.25) is 0 Å². The first kappa shape index (κ1) is 17.8. The molecule has 0 bridgehead atoms. The summed E-state index contributed by atoms with van der Waals surface area (Å²) in [4.78, 5) is 13.2. The molecule has 0 aromatic heterocycles. The number of benzene rings is 2. The molecule has 0 radical (unpaired) electrons. The third kappa shape index (κ3) is 4.50. The van der Waals surface area contributed by atoms with Gasteiger partial charge in [-0.3, -0.25) is 0 Å². The van der Waals surface area contributed by atoms with Crippen LogP contribution in [-0.4, -0.2) is 47.4 Å². The van der Waals surface area contributed by atoms with Gasteiger partial charge in [-0.1, -0.05) is 12.1 Å². The van der Waals surface area contributed by atoms with Crippen molar-refractivity contribution in [3.63, 3.8) is 0 Å². The fraction of sp³-hybridized carbons (Fsp3) is 0.235. The molecule has 0 fully saturated rings. The highest BCUT2D eigenvalue weighted by atomic mass is 19.1. The van der Waals surface area contributed by atoms with Crippen LogP contribution >= 0.6 is 0 Å². The maximum absolute atomic E-state index is 14.2.